The summed E-state index contributed by atoms with van der Waals surface area (Å²) in [4.78, 5) is 28.3. The molecule has 3 heterocycles. The summed E-state index contributed by atoms with van der Waals surface area (Å²) in [5.41, 5.74) is 5.22. The second-order valence-electron chi connectivity index (χ2n) is 7.99. The van der Waals surface area contributed by atoms with Gasteiger partial charge in [-0.25, -0.2) is 13.8 Å². The van der Waals surface area contributed by atoms with Gasteiger partial charge in [0.15, 0.2) is 0 Å². The summed E-state index contributed by atoms with van der Waals surface area (Å²) in [6.07, 6.45) is -7.67. The number of alkyl halides is 5. The molecule has 0 aliphatic heterocycles. The lowest BCUT2D eigenvalue weighted by Crippen LogP contribution is -2.22. The number of halogens is 5. The molecule has 0 fully saturated rings. The number of carbonyl (C=O) groups excluding carboxylic acids is 2. The van der Waals surface area contributed by atoms with E-state index in [1.54, 1.807) is 31.2 Å². The molecule has 0 atom stereocenters. The van der Waals surface area contributed by atoms with Crippen LogP contribution in [0, 0.1) is 13.8 Å². The molecule has 0 spiro atoms. The third kappa shape index (κ3) is 4.91. The highest BCUT2D eigenvalue weighted by Crippen LogP contribution is 2.43. The molecule has 13 heteroatoms. The van der Waals surface area contributed by atoms with E-state index >= 15 is 0 Å². The molecule has 0 saturated heterocycles. The molecule has 4 aromatic rings. The number of amides is 2. The molecule has 0 bridgehead atoms. The minimum atomic E-state index is -4.78. The Labute approximate surface area is 204 Å². The van der Waals surface area contributed by atoms with E-state index in [9.17, 15) is 31.5 Å². The molecule has 0 aliphatic rings. The Balaban J connectivity index is 1.87. The van der Waals surface area contributed by atoms with E-state index in [1.807, 2.05) is 0 Å². The largest absolute Gasteiger partial charge is 0.433 e. The van der Waals surface area contributed by atoms with Gasteiger partial charge in [0.2, 0.25) is 5.91 Å². The Morgan fingerprint density at radius 1 is 1.14 bits per heavy atom. The summed E-state index contributed by atoms with van der Waals surface area (Å²) in [6.45, 7) is 2.66. The molecular formula is C23H18F5N5O2S. The lowest BCUT2D eigenvalue weighted by Gasteiger charge is -2.13. The van der Waals surface area contributed by atoms with E-state index in [0.29, 0.717) is 16.9 Å². The Hall–Kier alpha value is -3.87. The molecule has 2 amide bonds. The number of rotatable bonds is 6. The van der Waals surface area contributed by atoms with Crippen molar-refractivity contribution in [1.29, 1.82) is 0 Å². The summed E-state index contributed by atoms with van der Waals surface area (Å²) >= 11 is 0.592. The number of nitrogens with zero attached hydrogens (tertiary/aromatic N) is 3. The Kier molecular flexibility index (Phi) is 6.52. The quantitative estimate of drug-likeness (QED) is 0.327. The van der Waals surface area contributed by atoms with Crippen LogP contribution < -0.4 is 11.1 Å². The minimum absolute atomic E-state index is 0.0644. The lowest BCUT2D eigenvalue weighted by molar-refractivity contribution is -0.140. The van der Waals surface area contributed by atoms with Gasteiger partial charge in [-0.3, -0.25) is 14.3 Å². The van der Waals surface area contributed by atoms with Gasteiger partial charge in [0, 0.05) is 5.39 Å². The smallest absolute Gasteiger partial charge is 0.365 e. The third-order valence-electron chi connectivity index (χ3n) is 5.25. The highest BCUT2D eigenvalue weighted by Gasteiger charge is 2.35. The number of nitrogens with one attached hydrogen (secondary N) is 1. The van der Waals surface area contributed by atoms with Crippen molar-refractivity contribution in [2.45, 2.75) is 33.0 Å². The molecule has 4 rings (SSSR count). The minimum Gasteiger partial charge on any atom is -0.365 e. The summed E-state index contributed by atoms with van der Waals surface area (Å²) in [7, 11) is 0. The van der Waals surface area contributed by atoms with Crippen molar-refractivity contribution in [1.82, 2.24) is 14.8 Å². The number of thiophene rings is 1. The summed E-state index contributed by atoms with van der Waals surface area (Å²) in [5.74, 6) is -1.84. The zero-order valence-corrected chi connectivity index (χ0v) is 19.6. The van der Waals surface area contributed by atoms with Crippen molar-refractivity contribution in [2.75, 3.05) is 5.32 Å². The van der Waals surface area contributed by atoms with Gasteiger partial charge in [-0.05, 0) is 37.1 Å². The van der Waals surface area contributed by atoms with E-state index in [1.165, 1.54) is 6.92 Å². The van der Waals surface area contributed by atoms with E-state index < -0.39 is 42.3 Å². The number of fused-ring (bicyclic) bond motifs is 1. The number of carbonyl (C=O) groups is 2. The maximum atomic E-state index is 13.6. The van der Waals surface area contributed by atoms with Gasteiger partial charge in [0.05, 0.1) is 11.4 Å². The number of hydrogen-bond acceptors (Lipinski definition) is 5. The third-order valence-corrected chi connectivity index (χ3v) is 6.35. The first-order valence-electron chi connectivity index (χ1n) is 10.4. The van der Waals surface area contributed by atoms with Crippen LogP contribution in [0.1, 0.15) is 38.7 Å². The topological polar surface area (TPSA) is 103 Å². The average molecular weight is 523 g/mol. The lowest BCUT2D eigenvalue weighted by atomic mass is 10.00. The maximum absolute atomic E-state index is 13.6. The summed E-state index contributed by atoms with van der Waals surface area (Å²) in [5, 5.41) is 6.42. The number of aromatic nitrogens is 3. The van der Waals surface area contributed by atoms with Gasteiger partial charge in [0.1, 0.15) is 27.6 Å². The SMILES string of the molecule is Cc1ccc(-c2cc(C(F)(F)F)nc3sc(C(N)=O)c(NC(=O)Cn4nc(C)cc4C(F)F)c23)cc1. The predicted octanol–water partition coefficient (Wildman–Crippen LogP) is 5.47. The first-order chi connectivity index (χ1) is 16.8. The van der Waals surface area contributed by atoms with Crippen molar-refractivity contribution in [3.63, 3.8) is 0 Å². The number of benzene rings is 1. The van der Waals surface area contributed by atoms with Crippen LogP contribution in [-0.4, -0.2) is 26.6 Å². The van der Waals surface area contributed by atoms with Gasteiger partial charge >= 0.3 is 6.18 Å². The first kappa shape index (κ1) is 25.2. The molecule has 0 unspecified atom stereocenters. The number of aryl methyl sites for hydroxylation is 2. The van der Waals surface area contributed by atoms with Gasteiger partial charge < -0.3 is 11.1 Å². The van der Waals surface area contributed by atoms with Crippen LogP contribution in [0.15, 0.2) is 36.4 Å². The summed E-state index contributed by atoms with van der Waals surface area (Å²) < 4.78 is 68.2. The van der Waals surface area contributed by atoms with Crippen LogP contribution in [0.3, 0.4) is 0 Å². The number of nitrogens with two attached hydrogens (primary N) is 1. The highest BCUT2D eigenvalue weighted by atomic mass is 32.1. The maximum Gasteiger partial charge on any atom is 0.433 e. The second-order valence-corrected chi connectivity index (χ2v) is 8.99. The van der Waals surface area contributed by atoms with Crippen LogP contribution in [0.25, 0.3) is 21.3 Å². The second kappa shape index (κ2) is 9.30. The van der Waals surface area contributed by atoms with Crippen molar-refractivity contribution >= 4 is 39.1 Å². The molecule has 3 aromatic heterocycles. The van der Waals surface area contributed by atoms with Crippen molar-refractivity contribution < 1.29 is 31.5 Å². The van der Waals surface area contributed by atoms with Gasteiger partial charge in [-0.1, -0.05) is 29.8 Å². The van der Waals surface area contributed by atoms with Crippen LogP contribution in [-0.2, 0) is 17.5 Å². The van der Waals surface area contributed by atoms with Crippen molar-refractivity contribution in [2.24, 2.45) is 5.73 Å². The van der Waals surface area contributed by atoms with Gasteiger partial charge in [-0.2, -0.15) is 18.3 Å². The van der Waals surface area contributed by atoms with E-state index in [0.717, 1.165) is 22.4 Å². The molecule has 36 heavy (non-hydrogen) atoms. The normalized spacial score (nSPS) is 11.9. The van der Waals surface area contributed by atoms with Crippen LogP contribution in [0.4, 0.5) is 27.6 Å². The fourth-order valence-corrected chi connectivity index (χ4v) is 4.69. The van der Waals surface area contributed by atoms with E-state index in [4.69, 9.17) is 5.73 Å². The predicted molar refractivity (Wildman–Crippen MR) is 124 cm³/mol. The molecule has 1 aromatic carbocycles. The standard InChI is InChI=1S/C23H18F5N5O2S/c1-10-3-5-12(6-4-10)13-8-15(23(26,27)28)30-22-17(13)18(19(36-22)21(29)35)31-16(34)9-33-14(20(24)25)7-11(2)32-33/h3-8,20H,9H2,1-2H3,(H2,29,35)(H,31,34). The van der Waals surface area contributed by atoms with Crippen molar-refractivity contribution in [3.05, 3.63) is 63.9 Å². The fourth-order valence-electron chi connectivity index (χ4n) is 3.68. The number of anilines is 1. The Morgan fingerprint density at radius 3 is 2.39 bits per heavy atom. The van der Waals surface area contributed by atoms with Crippen LogP contribution in [0.2, 0.25) is 0 Å². The first-order valence-corrected chi connectivity index (χ1v) is 11.2. The monoisotopic (exact) mass is 523 g/mol. The van der Waals surface area contributed by atoms with Crippen molar-refractivity contribution in [3.8, 4) is 11.1 Å². The highest BCUT2D eigenvalue weighted by molar-refractivity contribution is 7.21. The van der Waals surface area contributed by atoms with E-state index in [2.05, 4.69) is 15.4 Å². The zero-order chi connectivity index (χ0) is 26.4. The van der Waals surface area contributed by atoms with Gasteiger partial charge in [0.25, 0.3) is 12.3 Å². The number of pyridine rings is 1. The number of primary amides is 1. The Morgan fingerprint density at radius 2 is 1.81 bits per heavy atom. The summed E-state index contributed by atoms with van der Waals surface area (Å²) in [6, 6.07) is 8.54. The fraction of sp³-hybridized carbons (Fsp3) is 0.217. The molecule has 3 N–H and O–H groups in total. The Bertz CT molecular complexity index is 1480. The van der Waals surface area contributed by atoms with Gasteiger partial charge in [-0.15, -0.1) is 11.3 Å². The van der Waals surface area contributed by atoms with Crippen LogP contribution in [0.5, 0.6) is 0 Å². The zero-order valence-electron chi connectivity index (χ0n) is 18.8. The molecule has 0 radical (unpaired) electrons. The molecular weight excluding hydrogens is 505 g/mol. The molecule has 188 valence electrons. The average Bonchev–Trinajstić information content (AvgIpc) is 3.33. The van der Waals surface area contributed by atoms with E-state index in [-0.39, 0.29) is 32.0 Å². The molecule has 0 aliphatic carbocycles. The number of hydrogen-bond donors (Lipinski definition) is 2. The molecule has 0 saturated carbocycles. The molecule has 7 nitrogen and oxygen atoms in total. The van der Waals surface area contributed by atoms with Crippen LogP contribution >= 0.6 is 11.3 Å².